The number of hydrogen-bond acceptors (Lipinski definition) is 6. The Morgan fingerprint density at radius 1 is 0.608 bits per heavy atom. The number of Topliss-reactive ketones (excluding diaryl/α,β-unsaturated/α-hetero) is 1. The monoisotopic (exact) mass is 683 g/mol. The molecule has 2 fully saturated rings. The van der Waals surface area contributed by atoms with E-state index in [-0.39, 0.29) is 0 Å². The molecular formula is C44H45NO6. The minimum Gasteiger partial charge on any atom is -0.378 e. The van der Waals surface area contributed by atoms with Crippen LogP contribution in [0.3, 0.4) is 0 Å². The Labute approximate surface area is 300 Å². The van der Waals surface area contributed by atoms with Crippen molar-refractivity contribution in [2.24, 2.45) is 0 Å². The normalized spacial score (nSPS) is 18.1. The van der Waals surface area contributed by atoms with Crippen LogP contribution in [0.2, 0.25) is 0 Å². The summed E-state index contributed by atoms with van der Waals surface area (Å²) in [5.74, 6) is -1.77. The molecule has 262 valence electrons. The van der Waals surface area contributed by atoms with Crippen LogP contribution in [0.5, 0.6) is 0 Å². The fraction of sp³-hybridized carbons (Fsp3) is 0.273. The maximum Gasteiger partial charge on any atom is 0.294 e. The first kappa shape index (κ1) is 35.9. The summed E-state index contributed by atoms with van der Waals surface area (Å²) in [6.07, 6.45) is 1.62. The lowest BCUT2D eigenvalue weighted by Gasteiger charge is -2.42. The average Bonchev–Trinajstić information content (AvgIpc) is 3.85. The number of carbonyl (C=O) groups excluding carboxylic acids is 2. The van der Waals surface area contributed by atoms with Gasteiger partial charge < -0.3 is 24.6 Å². The molecule has 1 saturated heterocycles. The molecule has 2 N–H and O–H groups in total. The van der Waals surface area contributed by atoms with E-state index in [2.05, 4.69) is 0 Å². The van der Waals surface area contributed by atoms with Crippen molar-refractivity contribution in [3.63, 3.8) is 0 Å². The van der Waals surface area contributed by atoms with Crippen LogP contribution in [0, 0.1) is 0 Å². The Hall–Kier alpha value is -4.92. The van der Waals surface area contributed by atoms with Crippen LogP contribution in [-0.4, -0.2) is 58.4 Å². The number of aliphatic hydroxyl groups is 2. The molecule has 0 radical (unpaired) electrons. The number of hydrogen-bond donors (Lipinski definition) is 2. The van der Waals surface area contributed by atoms with Gasteiger partial charge in [-0.25, -0.2) is 0 Å². The van der Waals surface area contributed by atoms with Crippen LogP contribution in [0.4, 0.5) is 0 Å². The van der Waals surface area contributed by atoms with Crippen LogP contribution < -0.4 is 0 Å². The van der Waals surface area contributed by atoms with Gasteiger partial charge in [0.15, 0.2) is 5.79 Å². The number of ether oxygens (including phenoxy) is 2. The highest BCUT2D eigenvalue weighted by Crippen LogP contribution is 2.54. The van der Waals surface area contributed by atoms with E-state index < -0.39 is 40.9 Å². The fourth-order valence-corrected chi connectivity index (χ4v) is 7.16. The minimum absolute atomic E-state index is 0.442. The second-order valence-corrected chi connectivity index (χ2v) is 13.2. The van der Waals surface area contributed by atoms with Crippen molar-refractivity contribution in [2.75, 3.05) is 13.6 Å². The summed E-state index contributed by atoms with van der Waals surface area (Å²) in [4.78, 5) is 24.4. The van der Waals surface area contributed by atoms with E-state index in [0.29, 0.717) is 34.4 Å². The van der Waals surface area contributed by atoms with E-state index in [1.807, 2.05) is 134 Å². The quantitative estimate of drug-likeness (QED) is 0.126. The van der Waals surface area contributed by atoms with Crippen molar-refractivity contribution in [1.82, 2.24) is 4.90 Å². The zero-order chi connectivity index (χ0) is 35.9. The molecule has 1 aliphatic carbocycles. The maximum atomic E-state index is 12.8. The summed E-state index contributed by atoms with van der Waals surface area (Å²) in [6, 6.07) is 47.0. The van der Waals surface area contributed by atoms with Gasteiger partial charge in [-0.3, -0.25) is 9.59 Å². The van der Waals surface area contributed by atoms with E-state index >= 15 is 0 Å². The Kier molecular flexibility index (Phi) is 10.9. The molecule has 1 saturated carbocycles. The van der Waals surface area contributed by atoms with Crippen LogP contribution in [0.15, 0.2) is 152 Å². The summed E-state index contributed by atoms with van der Waals surface area (Å²) < 4.78 is 13.7. The molecule has 0 aromatic heterocycles. The van der Waals surface area contributed by atoms with Crippen LogP contribution in [0.1, 0.15) is 65.2 Å². The molecule has 1 heterocycles. The van der Waals surface area contributed by atoms with Gasteiger partial charge in [0.2, 0.25) is 5.78 Å². The lowest BCUT2D eigenvalue weighted by molar-refractivity contribution is -0.192. The number of amides is 1. The Morgan fingerprint density at radius 3 is 1.24 bits per heavy atom. The van der Waals surface area contributed by atoms with Gasteiger partial charge in [-0.2, -0.15) is 0 Å². The summed E-state index contributed by atoms with van der Waals surface area (Å²) in [6.45, 7) is 2.37. The van der Waals surface area contributed by atoms with Gasteiger partial charge in [0.05, 0.1) is 0 Å². The first-order valence-corrected chi connectivity index (χ1v) is 17.6. The fourth-order valence-electron chi connectivity index (χ4n) is 7.16. The highest BCUT2D eigenvalue weighted by atomic mass is 16.8. The van der Waals surface area contributed by atoms with Crippen molar-refractivity contribution in [2.45, 2.75) is 61.8 Å². The van der Waals surface area contributed by atoms with Crippen molar-refractivity contribution in [1.29, 1.82) is 0 Å². The first-order valence-electron chi connectivity index (χ1n) is 17.6. The number of likely N-dealkylation sites (N-methyl/N-ethyl adjacent to an activating group) is 1. The molecule has 0 unspecified atom stereocenters. The van der Waals surface area contributed by atoms with Gasteiger partial charge in [0, 0.05) is 32.0 Å². The molecule has 7 nitrogen and oxygen atoms in total. The largest absolute Gasteiger partial charge is 0.378 e. The molecule has 7 heteroatoms. The van der Waals surface area contributed by atoms with Crippen molar-refractivity contribution >= 4 is 11.7 Å². The van der Waals surface area contributed by atoms with Gasteiger partial charge >= 0.3 is 0 Å². The van der Waals surface area contributed by atoms with Crippen molar-refractivity contribution in [3.8, 4) is 0 Å². The molecule has 5 aromatic rings. The molecule has 51 heavy (non-hydrogen) atoms. The van der Waals surface area contributed by atoms with E-state index in [0.717, 1.165) is 25.7 Å². The van der Waals surface area contributed by atoms with Crippen LogP contribution in [-0.2, 0) is 25.5 Å². The smallest absolute Gasteiger partial charge is 0.294 e. The molecule has 0 bridgehead atoms. The molecule has 7 rings (SSSR count). The molecule has 5 aromatic carbocycles. The van der Waals surface area contributed by atoms with Gasteiger partial charge in [-0.1, -0.05) is 152 Å². The topological polar surface area (TPSA) is 96.3 Å². The van der Waals surface area contributed by atoms with Crippen molar-refractivity contribution in [3.05, 3.63) is 179 Å². The van der Waals surface area contributed by atoms with E-state index in [1.54, 1.807) is 31.3 Å². The van der Waals surface area contributed by atoms with E-state index in [1.165, 1.54) is 4.90 Å². The molecular weight excluding hydrogens is 638 g/mol. The Bertz CT molecular complexity index is 1680. The second kappa shape index (κ2) is 15.5. The maximum absolute atomic E-state index is 12.8. The standard InChI is InChI=1S/C33H32O4.C11H13NO2/c34-32(25-15-5-1-6-16-25,26-17-7-2-8-18-26)29-30(37-31(36-29)23-13-14-24-31)33(35,27-19-9-3-10-20-27)28-21-11-4-12-22-28;1-3-12(2)11(14)10(13)9-7-5-4-6-8-9/h1-12,15-22,29-30,34-35H,13-14,23-24H2;4-8H,3H2,1-2H3/t29-,30-;/m1./s1. The summed E-state index contributed by atoms with van der Waals surface area (Å²) in [5.41, 5.74) is 0.0688. The average molecular weight is 684 g/mol. The number of nitrogens with zero attached hydrogens (tertiary/aromatic N) is 1. The highest BCUT2D eigenvalue weighted by molar-refractivity contribution is 6.42. The number of rotatable bonds is 9. The second-order valence-electron chi connectivity index (χ2n) is 13.2. The minimum atomic E-state index is -1.57. The Balaban J connectivity index is 0.000000270. The zero-order valence-electron chi connectivity index (χ0n) is 29.1. The number of benzene rings is 5. The van der Waals surface area contributed by atoms with E-state index in [4.69, 9.17) is 9.47 Å². The summed E-state index contributed by atoms with van der Waals surface area (Å²) >= 11 is 0. The van der Waals surface area contributed by atoms with E-state index in [9.17, 15) is 19.8 Å². The van der Waals surface area contributed by atoms with Gasteiger partial charge in [-0.05, 0) is 42.0 Å². The molecule has 2 aliphatic rings. The van der Waals surface area contributed by atoms with Gasteiger partial charge in [0.1, 0.15) is 23.4 Å². The number of carbonyl (C=O) groups is 2. The lowest BCUT2D eigenvalue weighted by Crippen LogP contribution is -2.54. The van der Waals surface area contributed by atoms with Crippen LogP contribution >= 0.6 is 0 Å². The van der Waals surface area contributed by atoms with Crippen LogP contribution in [0.25, 0.3) is 0 Å². The van der Waals surface area contributed by atoms with Gasteiger partial charge in [0.25, 0.3) is 5.91 Å². The molecule has 1 spiro atoms. The third kappa shape index (κ3) is 7.16. The Morgan fingerprint density at radius 2 is 0.922 bits per heavy atom. The SMILES string of the molecule is CCN(C)C(=O)C(=O)c1ccccc1.OC(c1ccccc1)(c1ccccc1)[C@@H]1OC2(CCCC2)O[C@H]1C(O)(c1ccccc1)c1ccccc1. The molecule has 2 atom stereocenters. The zero-order valence-corrected chi connectivity index (χ0v) is 29.1. The van der Waals surface area contributed by atoms with Gasteiger partial charge in [-0.15, -0.1) is 0 Å². The predicted octanol–water partition coefficient (Wildman–Crippen LogP) is 7.26. The third-order valence-corrected chi connectivity index (χ3v) is 10.1. The first-order chi connectivity index (χ1) is 24.7. The number of ketones is 1. The highest BCUT2D eigenvalue weighted by Gasteiger charge is 2.63. The summed E-state index contributed by atoms with van der Waals surface area (Å²) in [7, 11) is 1.61. The van der Waals surface area contributed by atoms with Crippen molar-refractivity contribution < 1.29 is 29.3 Å². The predicted molar refractivity (Wildman–Crippen MR) is 197 cm³/mol. The summed E-state index contributed by atoms with van der Waals surface area (Å²) in [5, 5.41) is 25.6. The molecule has 1 amide bonds. The molecule has 1 aliphatic heterocycles. The third-order valence-electron chi connectivity index (χ3n) is 10.1. The lowest BCUT2D eigenvalue weighted by atomic mass is 9.72.